The van der Waals surface area contributed by atoms with Gasteiger partial charge in [0, 0.05) is 5.92 Å². The van der Waals surface area contributed by atoms with Crippen molar-refractivity contribution in [2.24, 2.45) is 11.0 Å². The van der Waals surface area contributed by atoms with Gasteiger partial charge in [-0.05, 0) is 47.7 Å². The van der Waals surface area contributed by atoms with Gasteiger partial charge in [-0.1, -0.05) is 44.2 Å². The normalized spacial score (nSPS) is 12.8. The lowest BCUT2D eigenvalue weighted by molar-refractivity contribution is -0.109. The lowest BCUT2D eigenvalue weighted by Crippen LogP contribution is -2.16. The van der Waals surface area contributed by atoms with E-state index >= 15 is 0 Å². The highest BCUT2D eigenvalue weighted by atomic mass is 19.1. The standard InChI is InChI=1S/C19H21FN2O/c1-4-13(2)19(22-21-12-23)16-7-5-15(6-8-16)18-10-9-17(20)11-14(18)3/h5-13H,4H2,1-3H3,(H,21,23)/b22-19+/t13-/m1/s1. The van der Waals surface area contributed by atoms with Gasteiger partial charge in [0.15, 0.2) is 0 Å². The van der Waals surface area contributed by atoms with Crippen LogP contribution in [0.2, 0.25) is 0 Å². The highest BCUT2D eigenvalue weighted by Crippen LogP contribution is 2.25. The molecule has 0 spiro atoms. The molecular weight excluding hydrogens is 291 g/mol. The summed E-state index contributed by atoms with van der Waals surface area (Å²) < 4.78 is 13.2. The van der Waals surface area contributed by atoms with E-state index < -0.39 is 0 Å². The molecule has 0 aromatic heterocycles. The van der Waals surface area contributed by atoms with Gasteiger partial charge in [0.05, 0.1) is 5.71 Å². The number of hydrazone groups is 1. The average molecular weight is 312 g/mol. The summed E-state index contributed by atoms with van der Waals surface area (Å²) in [5.41, 5.74) is 7.14. The van der Waals surface area contributed by atoms with E-state index in [4.69, 9.17) is 0 Å². The first-order chi connectivity index (χ1) is 11.1. The van der Waals surface area contributed by atoms with E-state index in [0.717, 1.165) is 34.4 Å². The third-order valence-electron chi connectivity index (χ3n) is 4.00. The van der Waals surface area contributed by atoms with Gasteiger partial charge in [-0.3, -0.25) is 4.79 Å². The molecular formula is C19H21FN2O. The summed E-state index contributed by atoms with van der Waals surface area (Å²) in [6, 6.07) is 12.7. The van der Waals surface area contributed by atoms with Crippen LogP contribution < -0.4 is 5.43 Å². The summed E-state index contributed by atoms with van der Waals surface area (Å²) in [6.45, 7) is 6.05. The SMILES string of the molecule is CC[C@@H](C)/C(=N\NC=O)c1ccc(-c2ccc(F)cc2C)cc1. The summed E-state index contributed by atoms with van der Waals surface area (Å²) in [6.07, 6.45) is 1.50. The number of hydrogen-bond donors (Lipinski definition) is 1. The molecule has 3 nitrogen and oxygen atoms in total. The number of amides is 1. The number of benzene rings is 2. The number of halogens is 1. The van der Waals surface area contributed by atoms with Crippen molar-refractivity contribution in [3.63, 3.8) is 0 Å². The van der Waals surface area contributed by atoms with Crippen LogP contribution in [0.3, 0.4) is 0 Å². The second-order valence-corrected chi connectivity index (χ2v) is 5.59. The summed E-state index contributed by atoms with van der Waals surface area (Å²) >= 11 is 0. The monoisotopic (exact) mass is 312 g/mol. The van der Waals surface area contributed by atoms with Gasteiger partial charge < -0.3 is 0 Å². The van der Waals surface area contributed by atoms with E-state index in [1.54, 1.807) is 6.07 Å². The molecule has 0 aliphatic carbocycles. The number of aryl methyl sites for hydroxylation is 1. The van der Waals surface area contributed by atoms with Crippen LogP contribution in [0.1, 0.15) is 31.4 Å². The largest absolute Gasteiger partial charge is 0.277 e. The predicted molar refractivity (Wildman–Crippen MR) is 91.8 cm³/mol. The molecule has 2 rings (SSSR count). The number of nitrogens with zero attached hydrogens (tertiary/aromatic N) is 1. The van der Waals surface area contributed by atoms with Crippen LogP contribution in [0.4, 0.5) is 4.39 Å². The zero-order valence-electron chi connectivity index (χ0n) is 13.6. The summed E-state index contributed by atoms with van der Waals surface area (Å²) in [7, 11) is 0. The molecule has 1 amide bonds. The van der Waals surface area contributed by atoms with Gasteiger partial charge >= 0.3 is 0 Å². The molecule has 23 heavy (non-hydrogen) atoms. The van der Waals surface area contributed by atoms with Crippen molar-refractivity contribution in [2.75, 3.05) is 0 Å². The molecule has 0 aliphatic rings. The lowest BCUT2D eigenvalue weighted by Gasteiger charge is -2.14. The highest BCUT2D eigenvalue weighted by Gasteiger charge is 2.12. The summed E-state index contributed by atoms with van der Waals surface area (Å²) in [4.78, 5) is 10.5. The van der Waals surface area contributed by atoms with Crippen LogP contribution in [0.25, 0.3) is 11.1 Å². The van der Waals surface area contributed by atoms with Gasteiger partial charge in [0.1, 0.15) is 5.82 Å². The average Bonchev–Trinajstić information content (AvgIpc) is 2.55. The Bertz CT molecular complexity index is 708. The van der Waals surface area contributed by atoms with E-state index in [-0.39, 0.29) is 11.7 Å². The van der Waals surface area contributed by atoms with Crippen molar-refractivity contribution in [1.29, 1.82) is 0 Å². The number of carbonyl (C=O) groups is 1. The molecule has 2 aromatic carbocycles. The maximum Gasteiger partial charge on any atom is 0.227 e. The molecule has 0 radical (unpaired) electrons. The predicted octanol–water partition coefficient (Wildman–Crippen LogP) is 4.30. The fourth-order valence-electron chi connectivity index (χ4n) is 2.52. The second-order valence-electron chi connectivity index (χ2n) is 5.59. The molecule has 0 heterocycles. The first-order valence-electron chi connectivity index (χ1n) is 7.70. The first-order valence-corrected chi connectivity index (χ1v) is 7.70. The molecule has 4 heteroatoms. The van der Waals surface area contributed by atoms with Gasteiger partial charge in [-0.2, -0.15) is 5.10 Å². The molecule has 0 unspecified atom stereocenters. The maximum absolute atomic E-state index is 13.2. The van der Waals surface area contributed by atoms with E-state index in [1.165, 1.54) is 12.1 Å². The number of rotatable bonds is 6. The van der Waals surface area contributed by atoms with Crippen molar-refractivity contribution in [1.82, 2.24) is 5.43 Å². The van der Waals surface area contributed by atoms with Gasteiger partial charge in [-0.25, -0.2) is 9.82 Å². The smallest absolute Gasteiger partial charge is 0.227 e. The van der Waals surface area contributed by atoms with E-state index in [2.05, 4.69) is 24.4 Å². The second kappa shape index (κ2) is 7.68. The quantitative estimate of drug-likeness (QED) is 0.482. The summed E-state index contributed by atoms with van der Waals surface area (Å²) in [5, 5.41) is 4.16. The lowest BCUT2D eigenvalue weighted by atomic mass is 9.93. The zero-order valence-corrected chi connectivity index (χ0v) is 13.6. The Balaban J connectivity index is 2.35. The third kappa shape index (κ3) is 4.03. The van der Waals surface area contributed by atoms with E-state index in [1.807, 2.05) is 31.2 Å². The fraction of sp³-hybridized carbons (Fsp3) is 0.263. The minimum Gasteiger partial charge on any atom is -0.277 e. The Morgan fingerprint density at radius 2 is 1.96 bits per heavy atom. The molecule has 0 saturated carbocycles. The Labute approximate surface area is 136 Å². The fourth-order valence-corrected chi connectivity index (χ4v) is 2.52. The molecule has 2 aromatic rings. The maximum atomic E-state index is 13.2. The Morgan fingerprint density at radius 1 is 1.26 bits per heavy atom. The molecule has 0 fully saturated rings. The molecule has 1 atom stereocenters. The van der Waals surface area contributed by atoms with Crippen molar-refractivity contribution in [3.05, 3.63) is 59.4 Å². The zero-order chi connectivity index (χ0) is 16.8. The van der Waals surface area contributed by atoms with Crippen LogP contribution in [0.5, 0.6) is 0 Å². The van der Waals surface area contributed by atoms with Crippen molar-refractivity contribution in [3.8, 4) is 11.1 Å². The van der Waals surface area contributed by atoms with Gasteiger partial charge in [0.25, 0.3) is 0 Å². The minimum absolute atomic E-state index is 0.228. The number of nitrogens with one attached hydrogen (secondary N) is 1. The van der Waals surface area contributed by atoms with Crippen molar-refractivity contribution in [2.45, 2.75) is 27.2 Å². The van der Waals surface area contributed by atoms with E-state index in [9.17, 15) is 9.18 Å². The molecule has 0 aliphatic heterocycles. The van der Waals surface area contributed by atoms with Gasteiger partial charge in [0.2, 0.25) is 6.41 Å². The molecule has 120 valence electrons. The van der Waals surface area contributed by atoms with Crippen LogP contribution >= 0.6 is 0 Å². The van der Waals surface area contributed by atoms with Crippen LogP contribution in [0, 0.1) is 18.7 Å². The van der Waals surface area contributed by atoms with Gasteiger partial charge in [-0.15, -0.1) is 0 Å². The summed E-state index contributed by atoms with van der Waals surface area (Å²) in [5.74, 6) is 0.00912. The highest BCUT2D eigenvalue weighted by molar-refractivity contribution is 6.02. The Morgan fingerprint density at radius 3 is 2.52 bits per heavy atom. The topological polar surface area (TPSA) is 41.5 Å². The molecule has 0 saturated heterocycles. The third-order valence-corrected chi connectivity index (χ3v) is 4.00. The van der Waals surface area contributed by atoms with Crippen molar-refractivity contribution >= 4 is 12.1 Å². The molecule has 0 bridgehead atoms. The number of carbonyl (C=O) groups excluding carboxylic acids is 1. The van der Waals surface area contributed by atoms with Crippen LogP contribution in [-0.4, -0.2) is 12.1 Å². The number of hydrogen-bond acceptors (Lipinski definition) is 2. The van der Waals surface area contributed by atoms with Crippen LogP contribution in [-0.2, 0) is 4.79 Å². The minimum atomic E-state index is -0.228. The first kappa shape index (κ1) is 16.9. The van der Waals surface area contributed by atoms with Crippen LogP contribution in [0.15, 0.2) is 47.6 Å². The van der Waals surface area contributed by atoms with E-state index in [0.29, 0.717) is 6.41 Å². The Kier molecular flexibility index (Phi) is 5.63. The Hall–Kier alpha value is -2.49. The van der Waals surface area contributed by atoms with Crippen molar-refractivity contribution < 1.29 is 9.18 Å². The molecule has 1 N–H and O–H groups in total.